The molecule has 5 rings (SSSR count). The zero-order valence-corrected chi connectivity index (χ0v) is 18.7. The zero-order chi connectivity index (χ0) is 24.4. The first kappa shape index (κ1) is 22.4. The molecule has 3 aromatic rings. The number of anilines is 1. The molecule has 0 aliphatic carbocycles. The molecule has 0 bridgehead atoms. The maximum atomic E-state index is 13.5. The van der Waals surface area contributed by atoms with Gasteiger partial charge in [-0.1, -0.05) is 30.3 Å². The van der Waals surface area contributed by atoms with E-state index in [-0.39, 0.29) is 19.1 Å². The van der Waals surface area contributed by atoms with Crippen LogP contribution in [-0.2, 0) is 16.0 Å². The summed E-state index contributed by atoms with van der Waals surface area (Å²) in [4.78, 5) is 49.3. The molecule has 3 heterocycles. The molecule has 1 aromatic heterocycles. The maximum absolute atomic E-state index is 13.5. The van der Waals surface area contributed by atoms with Gasteiger partial charge in [-0.3, -0.25) is 14.6 Å². The summed E-state index contributed by atoms with van der Waals surface area (Å²) in [6, 6.07) is 15.8. The van der Waals surface area contributed by atoms with Gasteiger partial charge >= 0.3 is 5.97 Å². The average Bonchev–Trinajstić information content (AvgIpc) is 3.29. The molecule has 1 atom stereocenters. The van der Waals surface area contributed by atoms with E-state index in [2.05, 4.69) is 10.3 Å². The quantitative estimate of drug-likeness (QED) is 0.530. The maximum Gasteiger partial charge on any atom is 0.338 e. The molecule has 0 saturated carbocycles. The van der Waals surface area contributed by atoms with E-state index in [0.717, 1.165) is 11.1 Å². The molecule has 176 valence electrons. The van der Waals surface area contributed by atoms with Crippen molar-refractivity contribution in [1.29, 1.82) is 0 Å². The summed E-state index contributed by atoms with van der Waals surface area (Å²) >= 11 is 0. The second-order valence-corrected chi connectivity index (χ2v) is 8.09. The topological polar surface area (TPSA) is 121 Å². The monoisotopic (exact) mass is 470 g/mol. The molecular formula is C26H22N4O5. The summed E-state index contributed by atoms with van der Waals surface area (Å²) in [6.07, 6.45) is 2.39. The van der Waals surface area contributed by atoms with Gasteiger partial charge in [0.25, 0.3) is 11.8 Å². The van der Waals surface area contributed by atoms with Gasteiger partial charge in [-0.15, -0.1) is 0 Å². The first-order chi connectivity index (χ1) is 17.1. The number of hydrogen-bond donors (Lipinski definition) is 2. The minimum atomic E-state index is -1.16. The number of carbonyl (C=O) groups excluding carboxylic acids is 3. The van der Waals surface area contributed by atoms with Crippen molar-refractivity contribution < 1.29 is 24.2 Å². The van der Waals surface area contributed by atoms with Crippen molar-refractivity contribution in [1.82, 2.24) is 10.3 Å². The molecule has 0 spiro atoms. The molecule has 35 heavy (non-hydrogen) atoms. The Morgan fingerprint density at radius 3 is 2.60 bits per heavy atom. The lowest BCUT2D eigenvalue weighted by molar-refractivity contribution is -0.120. The average molecular weight is 470 g/mol. The van der Waals surface area contributed by atoms with Gasteiger partial charge in [-0.2, -0.15) is 0 Å². The van der Waals surface area contributed by atoms with Crippen LogP contribution in [0.3, 0.4) is 0 Å². The summed E-state index contributed by atoms with van der Waals surface area (Å²) in [7, 11) is 0. The lowest BCUT2D eigenvalue weighted by atomic mass is 9.95. The number of pyridine rings is 1. The number of ether oxygens (including phenoxy) is 1. The standard InChI is InChI=1S/C26H22N4O5/c31-12-13-35-26(34)19-14-18-8-11-30-22(18)20(15-19)21(16-4-2-1-3-5-16)28-23(25(30)33)29-24(32)17-6-9-27-10-7-17/h1-7,9-10,14-15,23,31H,8,11-13H2,(H,29,32). The van der Waals surface area contributed by atoms with Crippen molar-refractivity contribution >= 4 is 29.2 Å². The van der Waals surface area contributed by atoms with Crippen LogP contribution in [0, 0.1) is 0 Å². The minimum Gasteiger partial charge on any atom is -0.460 e. The summed E-state index contributed by atoms with van der Waals surface area (Å²) in [5.74, 6) is -1.36. The van der Waals surface area contributed by atoms with Gasteiger partial charge < -0.3 is 20.1 Å². The first-order valence-corrected chi connectivity index (χ1v) is 11.2. The van der Waals surface area contributed by atoms with Crippen LogP contribution >= 0.6 is 0 Å². The third-order valence-corrected chi connectivity index (χ3v) is 5.89. The van der Waals surface area contributed by atoms with E-state index in [1.54, 1.807) is 29.2 Å². The lowest BCUT2D eigenvalue weighted by Crippen LogP contribution is -2.46. The Balaban J connectivity index is 1.62. The Morgan fingerprint density at radius 2 is 1.86 bits per heavy atom. The first-order valence-electron chi connectivity index (χ1n) is 11.2. The van der Waals surface area contributed by atoms with Crippen LogP contribution in [0.2, 0.25) is 0 Å². The fourth-order valence-corrected chi connectivity index (χ4v) is 4.32. The van der Waals surface area contributed by atoms with E-state index >= 15 is 0 Å². The highest BCUT2D eigenvalue weighted by Gasteiger charge is 2.38. The highest BCUT2D eigenvalue weighted by atomic mass is 16.5. The smallest absolute Gasteiger partial charge is 0.338 e. The molecule has 9 nitrogen and oxygen atoms in total. The van der Waals surface area contributed by atoms with Crippen LogP contribution < -0.4 is 10.2 Å². The number of aliphatic hydroxyl groups excluding tert-OH is 1. The zero-order valence-electron chi connectivity index (χ0n) is 18.7. The molecule has 2 aliphatic heterocycles. The normalized spacial score (nSPS) is 16.3. The van der Waals surface area contributed by atoms with Crippen LogP contribution in [0.15, 0.2) is 72.0 Å². The van der Waals surface area contributed by atoms with Crippen molar-refractivity contribution in [2.75, 3.05) is 24.7 Å². The minimum absolute atomic E-state index is 0.112. The summed E-state index contributed by atoms with van der Waals surface area (Å²) < 4.78 is 5.13. The Kier molecular flexibility index (Phi) is 6.07. The fourth-order valence-electron chi connectivity index (χ4n) is 4.32. The third-order valence-electron chi connectivity index (χ3n) is 5.89. The molecule has 0 saturated heterocycles. The van der Waals surface area contributed by atoms with Gasteiger partial charge in [-0.05, 0) is 36.2 Å². The highest BCUT2D eigenvalue weighted by Crippen LogP contribution is 2.37. The number of benzene rings is 2. The number of nitrogens with one attached hydrogen (secondary N) is 1. The van der Waals surface area contributed by atoms with E-state index < -0.39 is 18.0 Å². The van der Waals surface area contributed by atoms with Crippen molar-refractivity contribution in [3.63, 3.8) is 0 Å². The number of carbonyl (C=O) groups is 3. The third kappa shape index (κ3) is 4.29. The molecule has 2 amide bonds. The summed E-state index contributed by atoms with van der Waals surface area (Å²) in [6.45, 7) is 0.00945. The number of rotatable bonds is 6. The SMILES string of the molecule is O=C(NC1N=C(c2ccccc2)c2cc(C(=O)OCCO)cc3c2N(CC3)C1=O)c1ccncc1. The molecule has 0 radical (unpaired) electrons. The van der Waals surface area contributed by atoms with Crippen LogP contribution in [-0.4, -0.2) is 59.5 Å². The molecule has 0 fully saturated rings. The van der Waals surface area contributed by atoms with Gasteiger partial charge in [0, 0.05) is 35.6 Å². The Bertz CT molecular complexity index is 1320. The summed E-state index contributed by atoms with van der Waals surface area (Å²) in [5.41, 5.74) is 3.99. The van der Waals surface area contributed by atoms with Crippen molar-refractivity contribution in [2.24, 2.45) is 4.99 Å². The van der Waals surface area contributed by atoms with Crippen LogP contribution in [0.25, 0.3) is 0 Å². The van der Waals surface area contributed by atoms with Crippen molar-refractivity contribution in [3.05, 3.63) is 94.8 Å². The van der Waals surface area contributed by atoms with Gasteiger partial charge in [0.15, 0.2) is 0 Å². The number of aromatic nitrogens is 1. The van der Waals surface area contributed by atoms with Crippen molar-refractivity contribution in [2.45, 2.75) is 12.6 Å². The molecular weight excluding hydrogens is 448 g/mol. The number of aliphatic imine (C=N–C) groups is 1. The van der Waals surface area contributed by atoms with Gasteiger partial charge in [0.1, 0.15) is 6.61 Å². The predicted molar refractivity (Wildman–Crippen MR) is 127 cm³/mol. The van der Waals surface area contributed by atoms with Gasteiger partial charge in [-0.25, -0.2) is 9.79 Å². The molecule has 2 aliphatic rings. The van der Waals surface area contributed by atoms with Crippen LogP contribution in [0.1, 0.15) is 37.4 Å². The Hall–Kier alpha value is -4.37. The predicted octanol–water partition coefficient (Wildman–Crippen LogP) is 1.73. The Morgan fingerprint density at radius 1 is 1.09 bits per heavy atom. The molecule has 2 N–H and O–H groups in total. The van der Waals surface area contributed by atoms with Gasteiger partial charge in [0.2, 0.25) is 6.17 Å². The largest absolute Gasteiger partial charge is 0.460 e. The molecule has 2 aromatic carbocycles. The number of aliphatic hydroxyl groups is 1. The lowest BCUT2D eigenvalue weighted by Gasteiger charge is -2.21. The van der Waals surface area contributed by atoms with Gasteiger partial charge in [0.05, 0.1) is 23.6 Å². The van der Waals surface area contributed by atoms with Crippen LogP contribution in [0.4, 0.5) is 5.69 Å². The van der Waals surface area contributed by atoms with E-state index in [4.69, 9.17) is 14.8 Å². The Labute approximate surface area is 201 Å². The van der Waals surface area contributed by atoms with E-state index in [1.165, 1.54) is 12.4 Å². The highest BCUT2D eigenvalue weighted by molar-refractivity contribution is 6.22. The van der Waals surface area contributed by atoms with E-state index in [0.29, 0.717) is 41.1 Å². The molecule has 1 unspecified atom stereocenters. The van der Waals surface area contributed by atoms with E-state index in [1.807, 2.05) is 30.3 Å². The number of hydrogen-bond acceptors (Lipinski definition) is 7. The van der Waals surface area contributed by atoms with Crippen molar-refractivity contribution in [3.8, 4) is 0 Å². The fraction of sp³-hybridized carbons (Fsp3) is 0.192. The summed E-state index contributed by atoms with van der Waals surface area (Å²) in [5, 5.41) is 11.8. The number of esters is 1. The number of nitrogens with zero attached hydrogens (tertiary/aromatic N) is 3. The second-order valence-electron chi connectivity index (χ2n) is 8.09. The van der Waals surface area contributed by atoms with E-state index in [9.17, 15) is 14.4 Å². The second kappa shape index (κ2) is 9.47. The van der Waals surface area contributed by atoms with Crippen LogP contribution in [0.5, 0.6) is 0 Å². The molecule has 9 heteroatoms. The number of amides is 2.